The van der Waals surface area contributed by atoms with Crippen molar-refractivity contribution in [3.8, 4) is 5.75 Å². The Morgan fingerprint density at radius 3 is 2.13 bits per heavy atom. The molecule has 0 radical (unpaired) electrons. The molecular weight excluding hydrogens is 580 g/mol. The number of aromatic nitrogens is 2. The summed E-state index contributed by atoms with van der Waals surface area (Å²) in [5.74, 6) is 0.0560. The lowest BCUT2D eigenvalue weighted by atomic mass is 9.80. The van der Waals surface area contributed by atoms with Crippen LogP contribution in [0, 0.1) is 0 Å². The highest BCUT2D eigenvalue weighted by molar-refractivity contribution is 6.03. The minimum absolute atomic E-state index is 0.123. The van der Waals surface area contributed by atoms with Gasteiger partial charge in [-0.15, -0.1) is 0 Å². The zero-order valence-corrected chi connectivity index (χ0v) is 25.5. The first kappa shape index (κ1) is 30.9. The second-order valence-corrected chi connectivity index (χ2v) is 11.3. The molecule has 1 fully saturated rings. The molecule has 9 nitrogen and oxygen atoms in total. The van der Waals surface area contributed by atoms with Gasteiger partial charge >= 0.3 is 5.69 Å². The maximum Gasteiger partial charge on any atom is 0.351 e. The number of amides is 1. The van der Waals surface area contributed by atoms with E-state index in [0.717, 1.165) is 22.4 Å². The van der Waals surface area contributed by atoms with Crippen molar-refractivity contribution in [2.75, 3.05) is 19.0 Å². The van der Waals surface area contributed by atoms with Crippen molar-refractivity contribution in [3.63, 3.8) is 0 Å². The van der Waals surface area contributed by atoms with Crippen molar-refractivity contribution in [2.24, 2.45) is 0 Å². The van der Waals surface area contributed by atoms with E-state index in [-0.39, 0.29) is 18.1 Å². The van der Waals surface area contributed by atoms with E-state index in [1.165, 1.54) is 4.57 Å². The summed E-state index contributed by atoms with van der Waals surface area (Å²) >= 11 is 0. The zero-order chi connectivity index (χ0) is 31.9. The number of aliphatic hydroxyl groups excluding tert-OH is 1. The second kappa shape index (κ2) is 13.9. The zero-order valence-electron chi connectivity index (χ0n) is 25.5. The predicted molar refractivity (Wildman–Crippen MR) is 176 cm³/mol. The van der Waals surface area contributed by atoms with Crippen LogP contribution in [0.1, 0.15) is 39.4 Å². The van der Waals surface area contributed by atoms with Gasteiger partial charge in [-0.25, -0.2) is 4.79 Å². The summed E-state index contributed by atoms with van der Waals surface area (Å²) in [6.45, 7) is 0.903. The molecule has 1 aliphatic rings. The number of hydrogen-bond acceptors (Lipinski definition) is 7. The van der Waals surface area contributed by atoms with Gasteiger partial charge in [-0.2, -0.15) is 4.98 Å². The molecule has 0 bridgehead atoms. The standard InChI is InChI=1S/C37H36N4O5/c1-45-30-19-17-26(18-20-30)24-38-25-32-31(42)23-37(46-32,34(27-11-5-2-6-12-27)28-13-7-3-8-14-28)41-22-21-33(40-36(41)44)39-35(43)29-15-9-4-10-16-29/h2-22,31-32,34,38,42H,23-25H2,1H3,(H,39,40,43,44)/t31-,32+,37-/m0/s1. The highest BCUT2D eigenvalue weighted by Crippen LogP contribution is 2.48. The summed E-state index contributed by atoms with van der Waals surface area (Å²) in [4.78, 5) is 30.9. The largest absolute Gasteiger partial charge is 0.497 e. The lowest BCUT2D eigenvalue weighted by molar-refractivity contribution is -0.115. The van der Waals surface area contributed by atoms with Gasteiger partial charge in [-0.05, 0) is 47.0 Å². The summed E-state index contributed by atoms with van der Waals surface area (Å²) in [6, 6.07) is 37.7. The van der Waals surface area contributed by atoms with Crippen molar-refractivity contribution < 1.29 is 19.4 Å². The number of carbonyl (C=O) groups is 1. The van der Waals surface area contributed by atoms with Crippen molar-refractivity contribution >= 4 is 11.7 Å². The van der Waals surface area contributed by atoms with Crippen molar-refractivity contribution in [1.82, 2.24) is 14.9 Å². The van der Waals surface area contributed by atoms with E-state index in [9.17, 15) is 14.7 Å². The van der Waals surface area contributed by atoms with Crippen LogP contribution in [0.3, 0.4) is 0 Å². The van der Waals surface area contributed by atoms with Crippen LogP contribution < -0.4 is 21.1 Å². The van der Waals surface area contributed by atoms with Gasteiger partial charge in [0.2, 0.25) is 0 Å². The maximum absolute atomic E-state index is 13.9. The minimum Gasteiger partial charge on any atom is -0.497 e. The first-order valence-corrected chi connectivity index (χ1v) is 15.2. The van der Waals surface area contributed by atoms with Gasteiger partial charge in [-0.1, -0.05) is 91.0 Å². The molecule has 0 unspecified atom stereocenters. The molecular formula is C37H36N4O5. The highest BCUT2D eigenvalue weighted by atomic mass is 16.6. The van der Waals surface area contributed by atoms with Crippen molar-refractivity contribution in [2.45, 2.75) is 36.8 Å². The summed E-state index contributed by atoms with van der Waals surface area (Å²) in [5, 5.41) is 17.6. The monoisotopic (exact) mass is 616 g/mol. The summed E-state index contributed by atoms with van der Waals surface area (Å²) in [6.07, 6.45) is 0.211. The van der Waals surface area contributed by atoms with E-state index < -0.39 is 29.5 Å². The normalized spacial score (nSPS) is 19.2. The Morgan fingerprint density at radius 2 is 1.54 bits per heavy atom. The van der Waals surface area contributed by atoms with Gasteiger partial charge in [-0.3, -0.25) is 9.36 Å². The Morgan fingerprint density at radius 1 is 0.935 bits per heavy atom. The average molecular weight is 617 g/mol. The third-order valence-corrected chi connectivity index (χ3v) is 8.33. The molecule has 3 N–H and O–H groups in total. The topological polar surface area (TPSA) is 115 Å². The number of benzene rings is 4. The lowest BCUT2D eigenvalue weighted by Crippen LogP contribution is -2.47. The Hall–Kier alpha value is -5.09. The van der Waals surface area contributed by atoms with Crippen LogP contribution >= 0.6 is 0 Å². The number of anilines is 1. The van der Waals surface area contributed by atoms with E-state index in [1.807, 2.05) is 91.0 Å². The number of hydrogen-bond donors (Lipinski definition) is 3. The molecule has 1 aromatic heterocycles. The van der Waals surface area contributed by atoms with Crippen LogP contribution in [-0.4, -0.2) is 46.4 Å². The van der Waals surface area contributed by atoms with E-state index in [2.05, 4.69) is 15.6 Å². The maximum atomic E-state index is 13.9. The third-order valence-electron chi connectivity index (χ3n) is 8.33. The molecule has 0 spiro atoms. The Kier molecular flexibility index (Phi) is 9.35. The van der Waals surface area contributed by atoms with Crippen molar-refractivity contribution in [1.29, 1.82) is 0 Å². The smallest absolute Gasteiger partial charge is 0.351 e. The van der Waals surface area contributed by atoms with Gasteiger partial charge in [0.05, 0.1) is 25.2 Å². The Bertz CT molecular complexity index is 1760. The summed E-state index contributed by atoms with van der Waals surface area (Å²) < 4.78 is 13.6. The lowest BCUT2D eigenvalue weighted by Gasteiger charge is -2.39. The molecule has 234 valence electrons. The Balaban J connectivity index is 1.35. The van der Waals surface area contributed by atoms with Crippen molar-refractivity contribution in [3.05, 3.63) is 160 Å². The van der Waals surface area contributed by atoms with Gasteiger partial charge in [0, 0.05) is 31.3 Å². The molecule has 0 saturated carbocycles. The second-order valence-electron chi connectivity index (χ2n) is 11.3. The number of methoxy groups -OCH3 is 1. The number of rotatable bonds is 11. The molecule has 46 heavy (non-hydrogen) atoms. The van der Waals surface area contributed by atoms with E-state index in [0.29, 0.717) is 18.7 Å². The number of ether oxygens (including phenoxy) is 2. The Labute approximate surface area is 267 Å². The van der Waals surface area contributed by atoms with Gasteiger partial charge in [0.25, 0.3) is 5.91 Å². The predicted octanol–water partition coefficient (Wildman–Crippen LogP) is 4.93. The van der Waals surface area contributed by atoms with Crippen LogP contribution in [0.15, 0.2) is 132 Å². The van der Waals surface area contributed by atoms with Crippen LogP contribution in [0.25, 0.3) is 0 Å². The fraction of sp³-hybridized carbons (Fsp3) is 0.216. The van der Waals surface area contributed by atoms with E-state index >= 15 is 0 Å². The van der Waals surface area contributed by atoms with Crippen LogP contribution in [-0.2, 0) is 17.0 Å². The third kappa shape index (κ3) is 6.62. The molecule has 1 aliphatic heterocycles. The van der Waals surface area contributed by atoms with Crippen LogP contribution in [0.2, 0.25) is 0 Å². The molecule has 1 saturated heterocycles. The van der Waals surface area contributed by atoms with Gasteiger partial charge in [0.1, 0.15) is 11.6 Å². The molecule has 3 atom stereocenters. The van der Waals surface area contributed by atoms with E-state index in [4.69, 9.17) is 9.47 Å². The van der Waals surface area contributed by atoms with Crippen LogP contribution in [0.5, 0.6) is 5.75 Å². The summed E-state index contributed by atoms with van der Waals surface area (Å²) in [5.41, 5.74) is 1.40. The van der Waals surface area contributed by atoms with Gasteiger partial charge < -0.3 is 25.2 Å². The average Bonchev–Trinajstić information content (AvgIpc) is 3.42. The minimum atomic E-state index is -1.33. The first-order valence-electron chi connectivity index (χ1n) is 15.2. The molecule has 1 amide bonds. The quantitative estimate of drug-likeness (QED) is 0.193. The highest BCUT2D eigenvalue weighted by Gasteiger charge is 2.53. The fourth-order valence-corrected chi connectivity index (χ4v) is 6.12. The fourth-order valence-electron chi connectivity index (χ4n) is 6.12. The molecule has 2 heterocycles. The molecule has 9 heteroatoms. The number of carbonyl (C=O) groups excluding carboxylic acids is 1. The molecule has 5 aromatic rings. The molecule has 0 aliphatic carbocycles. The number of aliphatic hydroxyl groups is 1. The summed E-state index contributed by atoms with van der Waals surface area (Å²) in [7, 11) is 1.63. The molecule has 6 rings (SSSR count). The molecule has 4 aromatic carbocycles. The van der Waals surface area contributed by atoms with E-state index in [1.54, 1.807) is 43.6 Å². The SMILES string of the molecule is COc1ccc(CNC[C@H]2O[C@@](C(c3ccccc3)c3ccccc3)(n3ccc(NC(=O)c4ccccc4)nc3=O)C[C@@H]2O)cc1. The number of nitrogens with one attached hydrogen (secondary N) is 2. The first-order chi connectivity index (χ1) is 22.5. The van der Waals surface area contributed by atoms with Crippen LogP contribution in [0.4, 0.5) is 5.82 Å². The number of nitrogens with zero attached hydrogens (tertiary/aromatic N) is 2. The van der Waals surface area contributed by atoms with Gasteiger partial charge in [0.15, 0.2) is 5.72 Å².